The van der Waals surface area contributed by atoms with Crippen molar-refractivity contribution in [3.63, 3.8) is 0 Å². The summed E-state index contributed by atoms with van der Waals surface area (Å²) in [6.45, 7) is 9.22. The summed E-state index contributed by atoms with van der Waals surface area (Å²) in [7, 11) is 0. The molecule has 1 rings (SSSR count). The van der Waals surface area contributed by atoms with Crippen LogP contribution in [0.2, 0.25) is 0 Å². The number of aromatic nitrogens is 1. The van der Waals surface area contributed by atoms with Crippen LogP contribution in [0.5, 0.6) is 0 Å². The molecule has 0 spiro atoms. The molecule has 0 atom stereocenters. The topological polar surface area (TPSA) is 54.5 Å². The van der Waals surface area contributed by atoms with Gasteiger partial charge in [0.15, 0.2) is 0 Å². The van der Waals surface area contributed by atoms with E-state index < -0.39 is 0 Å². The van der Waals surface area contributed by atoms with Crippen molar-refractivity contribution >= 4 is 27.7 Å². The molecule has 118 valence electrons. The van der Waals surface area contributed by atoms with E-state index in [0.717, 1.165) is 17.4 Å². The SMILES string of the molecule is CCCNc1ncc(Br)cc1C(=O)N(CC)CCOCC. The Labute approximate surface area is 135 Å². The maximum absolute atomic E-state index is 12.7. The van der Waals surface area contributed by atoms with Gasteiger partial charge in [0.2, 0.25) is 0 Å². The van der Waals surface area contributed by atoms with Gasteiger partial charge < -0.3 is 15.0 Å². The Hall–Kier alpha value is -1.14. The number of rotatable bonds is 9. The van der Waals surface area contributed by atoms with E-state index in [1.54, 1.807) is 11.1 Å². The highest BCUT2D eigenvalue weighted by Crippen LogP contribution is 2.20. The Morgan fingerprint density at radius 3 is 2.81 bits per heavy atom. The first-order chi connectivity index (χ1) is 10.1. The molecule has 6 heteroatoms. The number of pyridine rings is 1. The number of hydrogen-bond acceptors (Lipinski definition) is 4. The number of nitrogens with zero attached hydrogens (tertiary/aromatic N) is 2. The highest BCUT2D eigenvalue weighted by Gasteiger charge is 2.19. The van der Waals surface area contributed by atoms with Crippen LogP contribution >= 0.6 is 15.9 Å². The molecule has 0 aromatic carbocycles. The van der Waals surface area contributed by atoms with Gasteiger partial charge in [-0.25, -0.2) is 4.98 Å². The van der Waals surface area contributed by atoms with Crippen molar-refractivity contribution in [1.82, 2.24) is 9.88 Å². The first-order valence-electron chi connectivity index (χ1n) is 7.40. The number of halogens is 1. The van der Waals surface area contributed by atoms with Crippen LogP contribution in [-0.2, 0) is 4.74 Å². The third-order valence-corrected chi connectivity index (χ3v) is 3.44. The molecule has 5 nitrogen and oxygen atoms in total. The van der Waals surface area contributed by atoms with Gasteiger partial charge in [-0.2, -0.15) is 0 Å². The monoisotopic (exact) mass is 357 g/mol. The minimum Gasteiger partial charge on any atom is -0.380 e. The van der Waals surface area contributed by atoms with Crippen molar-refractivity contribution in [1.29, 1.82) is 0 Å². The Kier molecular flexibility index (Phi) is 8.30. The van der Waals surface area contributed by atoms with Gasteiger partial charge >= 0.3 is 0 Å². The molecule has 0 unspecified atom stereocenters. The fraction of sp³-hybridized carbons (Fsp3) is 0.600. The maximum atomic E-state index is 12.7. The van der Waals surface area contributed by atoms with E-state index >= 15 is 0 Å². The summed E-state index contributed by atoms with van der Waals surface area (Å²) in [6, 6.07) is 1.82. The second-order valence-electron chi connectivity index (χ2n) is 4.56. The van der Waals surface area contributed by atoms with Crippen LogP contribution in [0.4, 0.5) is 5.82 Å². The van der Waals surface area contributed by atoms with Gasteiger partial charge in [0.25, 0.3) is 5.91 Å². The van der Waals surface area contributed by atoms with E-state index in [-0.39, 0.29) is 5.91 Å². The first-order valence-corrected chi connectivity index (χ1v) is 8.19. The van der Waals surface area contributed by atoms with Crippen molar-refractivity contribution in [3.8, 4) is 0 Å². The zero-order valence-corrected chi connectivity index (χ0v) is 14.6. The van der Waals surface area contributed by atoms with E-state index in [2.05, 4.69) is 33.2 Å². The summed E-state index contributed by atoms with van der Waals surface area (Å²) in [4.78, 5) is 18.8. The third-order valence-electron chi connectivity index (χ3n) is 3.01. The molecule has 1 amide bonds. The minimum atomic E-state index is -0.0235. The summed E-state index contributed by atoms with van der Waals surface area (Å²) in [5.74, 6) is 0.615. The van der Waals surface area contributed by atoms with E-state index in [9.17, 15) is 4.79 Å². The van der Waals surface area contributed by atoms with Crippen molar-refractivity contribution in [2.45, 2.75) is 27.2 Å². The predicted octanol–water partition coefficient (Wildman–Crippen LogP) is 3.16. The first kappa shape index (κ1) is 17.9. The molecule has 1 aromatic heterocycles. The van der Waals surface area contributed by atoms with Crippen LogP contribution in [0.25, 0.3) is 0 Å². The standard InChI is InChI=1S/C15H24BrN3O2/c1-4-7-17-14-13(10-12(16)11-18-14)15(20)19(5-2)8-9-21-6-3/h10-11H,4-9H2,1-3H3,(H,17,18). The summed E-state index contributed by atoms with van der Waals surface area (Å²) >= 11 is 3.38. The number of carbonyl (C=O) groups excluding carboxylic acids is 1. The van der Waals surface area contributed by atoms with Crippen LogP contribution in [0.3, 0.4) is 0 Å². The second-order valence-corrected chi connectivity index (χ2v) is 5.47. The summed E-state index contributed by atoms with van der Waals surface area (Å²) in [5, 5.41) is 3.21. The third kappa shape index (κ3) is 5.63. The van der Waals surface area contributed by atoms with Gasteiger partial charge in [-0.15, -0.1) is 0 Å². The van der Waals surface area contributed by atoms with Crippen LogP contribution in [-0.4, -0.2) is 48.6 Å². The minimum absolute atomic E-state index is 0.0235. The average molecular weight is 358 g/mol. The molecule has 1 aromatic rings. The van der Waals surface area contributed by atoms with Gasteiger partial charge in [-0.1, -0.05) is 6.92 Å². The lowest BCUT2D eigenvalue weighted by Gasteiger charge is -2.22. The number of carbonyl (C=O) groups is 1. The molecule has 0 aliphatic rings. The Bertz CT molecular complexity index is 455. The van der Waals surface area contributed by atoms with Gasteiger partial charge in [-0.05, 0) is 42.3 Å². The summed E-state index contributed by atoms with van der Waals surface area (Å²) in [6.07, 6.45) is 2.68. The number of ether oxygens (including phenoxy) is 1. The number of hydrogen-bond donors (Lipinski definition) is 1. The summed E-state index contributed by atoms with van der Waals surface area (Å²) < 4.78 is 6.14. The molecule has 0 aliphatic carbocycles. The molecular weight excluding hydrogens is 334 g/mol. The van der Waals surface area contributed by atoms with Crippen molar-refractivity contribution in [2.24, 2.45) is 0 Å². The summed E-state index contributed by atoms with van der Waals surface area (Å²) in [5.41, 5.74) is 0.594. The van der Waals surface area contributed by atoms with Crippen molar-refractivity contribution in [2.75, 3.05) is 38.2 Å². The van der Waals surface area contributed by atoms with Crippen LogP contribution < -0.4 is 5.32 Å². The zero-order chi connectivity index (χ0) is 15.7. The number of amides is 1. The van der Waals surface area contributed by atoms with E-state index in [0.29, 0.717) is 37.7 Å². The molecule has 0 fully saturated rings. The van der Waals surface area contributed by atoms with Gasteiger partial charge in [-0.3, -0.25) is 4.79 Å². The lowest BCUT2D eigenvalue weighted by molar-refractivity contribution is 0.0669. The Balaban J connectivity index is 2.89. The van der Waals surface area contributed by atoms with Crippen molar-refractivity contribution < 1.29 is 9.53 Å². The second kappa shape index (κ2) is 9.73. The van der Waals surface area contributed by atoms with Crippen LogP contribution in [0.15, 0.2) is 16.7 Å². The molecule has 0 radical (unpaired) electrons. The molecule has 21 heavy (non-hydrogen) atoms. The molecular formula is C15H24BrN3O2. The van der Waals surface area contributed by atoms with E-state index in [4.69, 9.17) is 4.74 Å². The molecule has 1 heterocycles. The Morgan fingerprint density at radius 2 is 2.19 bits per heavy atom. The van der Waals surface area contributed by atoms with E-state index in [1.807, 2.05) is 19.9 Å². The predicted molar refractivity (Wildman–Crippen MR) is 88.8 cm³/mol. The van der Waals surface area contributed by atoms with Gasteiger partial charge in [0.05, 0.1) is 12.2 Å². The fourth-order valence-electron chi connectivity index (χ4n) is 1.88. The Morgan fingerprint density at radius 1 is 1.43 bits per heavy atom. The molecule has 0 aliphatic heterocycles. The lowest BCUT2D eigenvalue weighted by Crippen LogP contribution is -2.34. The lowest BCUT2D eigenvalue weighted by atomic mass is 10.2. The maximum Gasteiger partial charge on any atom is 0.257 e. The average Bonchev–Trinajstić information content (AvgIpc) is 2.50. The highest BCUT2D eigenvalue weighted by atomic mass is 79.9. The molecule has 0 saturated carbocycles. The smallest absolute Gasteiger partial charge is 0.257 e. The molecule has 0 saturated heterocycles. The van der Waals surface area contributed by atoms with Crippen LogP contribution in [0.1, 0.15) is 37.6 Å². The fourth-order valence-corrected chi connectivity index (χ4v) is 2.21. The van der Waals surface area contributed by atoms with Gasteiger partial charge in [0, 0.05) is 36.9 Å². The zero-order valence-electron chi connectivity index (χ0n) is 13.0. The van der Waals surface area contributed by atoms with Crippen molar-refractivity contribution in [3.05, 3.63) is 22.3 Å². The molecule has 0 bridgehead atoms. The largest absolute Gasteiger partial charge is 0.380 e. The molecule has 1 N–H and O–H groups in total. The quantitative estimate of drug-likeness (QED) is 0.689. The number of nitrogens with one attached hydrogen (secondary N) is 1. The number of likely N-dealkylation sites (N-methyl/N-ethyl adjacent to an activating group) is 1. The van der Waals surface area contributed by atoms with Gasteiger partial charge in [0.1, 0.15) is 5.82 Å². The normalized spacial score (nSPS) is 10.5. The van der Waals surface area contributed by atoms with Crippen LogP contribution in [0, 0.1) is 0 Å². The number of anilines is 1. The van der Waals surface area contributed by atoms with E-state index in [1.165, 1.54) is 0 Å². The highest BCUT2D eigenvalue weighted by molar-refractivity contribution is 9.10.